The normalized spacial score (nSPS) is 19.1. The van der Waals surface area contributed by atoms with Crippen LogP contribution < -0.4 is 5.32 Å². The summed E-state index contributed by atoms with van der Waals surface area (Å²) in [5.41, 5.74) is 0. The lowest BCUT2D eigenvalue weighted by Gasteiger charge is -2.25. The van der Waals surface area contributed by atoms with E-state index in [9.17, 15) is 15.3 Å². The van der Waals surface area contributed by atoms with Gasteiger partial charge in [-0.05, 0) is 13.0 Å². The molecule has 7 heteroatoms. The minimum Gasteiger partial charge on any atom is -0.396 e. The van der Waals surface area contributed by atoms with Crippen LogP contribution in [0.25, 0.3) is 0 Å². The lowest BCUT2D eigenvalue weighted by atomic mass is 10.0. The van der Waals surface area contributed by atoms with E-state index in [-0.39, 0.29) is 13.2 Å². The molecule has 0 radical (unpaired) electrons. The van der Waals surface area contributed by atoms with Crippen LogP contribution in [-0.4, -0.2) is 81.4 Å². The number of nitrogens with one attached hydrogen (secondary N) is 1. The summed E-state index contributed by atoms with van der Waals surface area (Å²) in [4.78, 5) is 0. The molecule has 0 fully saturated rings. The van der Waals surface area contributed by atoms with E-state index in [1.165, 1.54) is 0 Å². The van der Waals surface area contributed by atoms with E-state index in [0.717, 1.165) is 0 Å². The quantitative estimate of drug-likeness (QED) is 0.207. The Morgan fingerprint density at radius 2 is 1.44 bits per heavy atom. The maximum Gasteiger partial charge on any atom is 0.111 e. The molecule has 4 atom stereocenters. The highest BCUT2D eigenvalue weighted by atomic mass is 16.4. The van der Waals surface area contributed by atoms with E-state index in [2.05, 4.69) is 5.32 Å². The zero-order chi connectivity index (χ0) is 12.6. The van der Waals surface area contributed by atoms with Gasteiger partial charge in [-0.3, -0.25) is 0 Å². The van der Waals surface area contributed by atoms with Gasteiger partial charge >= 0.3 is 0 Å². The molecule has 0 saturated heterocycles. The van der Waals surface area contributed by atoms with Crippen LogP contribution in [0.5, 0.6) is 0 Å². The van der Waals surface area contributed by atoms with Crippen molar-refractivity contribution in [3.8, 4) is 0 Å². The zero-order valence-corrected chi connectivity index (χ0v) is 9.03. The first kappa shape index (κ1) is 15.7. The second-order valence-corrected chi connectivity index (χ2v) is 3.58. The van der Waals surface area contributed by atoms with Crippen LogP contribution in [-0.2, 0) is 0 Å². The fraction of sp³-hybridized carbons (Fsp3) is 1.00. The molecule has 0 rings (SSSR count). The predicted octanol–water partition coefficient (Wildman–Crippen LogP) is -3.61. The molecule has 0 spiro atoms. The third kappa shape index (κ3) is 5.71. The summed E-state index contributed by atoms with van der Waals surface area (Å²) < 4.78 is 0. The van der Waals surface area contributed by atoms with Gasteiger partial charge in [0.2, 0.25) is 0 Å². The van der Waals surface area contributed by atoms with Gasteiger partial charge in [0.15, 0.2) is 0 Å². The highest BCUT2D eigenvalue weighted by Crippen LogP contribution is 2.04. The monoisotopic (exact) mass is 239 g/mol. The SMILES string of the molecule is OCCCNCC(O)C(O)C(O)C(O)CO. The first-order valence-electron chi connectivity index (χ1n) is 5.19. The average molecular weight is 239 g/mol. The van der Waals surface area contributed by atoms with Gasteiger partial charge in [-0.15, -0.1) is 0 Å². The van der Waals surface area contributed by atoms with Gasteiger partial charge < -0.3 is 36.0 Å². The molecule has 0 aliphatic carbocycles. The number of hydrogen-bond acceptors (Lipinski definition) is 7. The number of aliphatic hydroxyl groups is 6. The first-order valence-corrected chi connectivity index (χ1v) is 5.19. The van der Waals surface area contributed by atoms with E-state index >= 15 is 0 Å². The summed E-state index contributed by atoms with van der Waals surface area (Å²) >= 11 is 0. The van der Waals surface area contributed by atoms with Crippen molar-refractivity contribution in [1.82, 2.24) is 5.32 Å². The van der Waals surface area contributed by atoms with Gasteiger partial charge in [0.25, 0.3) is 0 Å². The first-order chi connectivity index (χ1) is 7.54. The van der Waals surface area contributed by atoms with Gasteiger partial charge in [0.05, 0.1) is 12.7 Å². The summed E-state index contributed by atoms with van der Waals surface area (Å²) in [5, 5.41) is 56.9. The van der Waals surface area contributed by atoms with Crippen LogP contribution in [0.2, 0.25) is 0 Å². The van der Waals surface area contributed by atoms with Gasteiger partial charge in [-0.1, -0.05) is 0 Å². The second-order valence-electron chi connectivity index (χ2n) is 3.58. The molecular formula is C9H21NO6. The minimum absolute atomic E-state index is 0.0242. The summed E-state index contributed by atoms with van der Waals surface area (Å²) in [5.74, 6) is 0. The van der Waals surface area contributed by atoms with Gasteiger partial charge in [0.1, 0.15) is 18.3 Å². The number of rotatable bonds is 9. The summed E-state index contributed by atoms with van der Waals surface area (Å²) in [6, 6.07) is 0. The van der Waals surface area contributed by atoms with Crippen molar-refractivity contribution in [2.24, 2.45) is 0 Å². The Morgan fingerprint density at radius 3 is 1.94 bits per heavy atom. The molecule has 7 nitrogen and oxygen atoms in total. The van der Waals surface area contributed by atoms with Crippen molar-refractivity contribution in [2.75, 3.05) is 26.3 Å². The molecule has 0 saturated carbocycles. The third-order valence-corrected chi connectivity index (χ3v) is 2.19. The van der Waals surface area contributed by atoms with Crippen LogP contribution in [0.1, 0.15) is 6.42 Å². The maximum absolute atomic E-state index is 9.40. The van der Waals surface area contributed by atoms with E-state index in [1.54, 1.807) is 0 Å². The summed E-state index contributed by atoms with van der Waals surface area (Å²) in [6.07, 6.45) is -5.36. The maximum atomic E-state index is 9.40. The van der Waals surface area contributed by atoms with Crippen LogP contribution >= 0.6 is 0 Å². The summed E-state index contributed by atoms with van der Waals surface area (Å²) in [7, 11) is 0. The van der Waals surface area contributed by atoms with Crippen molar-refractivity contribution in [1.29, 1.82) is 0 Å². The molecule has 4 unspecified atom stereocenters. The van der Waals surface area contributed by atoms with Crippen LogP contribution in [0.15, 0.2) is 0 Å². The van der Waals surface area contributed by atoms with E-state index < -0.39 is 31.0 Å². The Kier molecular flexibility index (Phi) is 8.67. The Morgan fingerprint density at radius 1 is 0.875 bits per heavy atom. The van der Waals surface area contributed by atoms with Crippen molar-refractivity contribution in [3.05, 3.63) is 0 Å². The van der Waals surface area contributed by atoms with Crippen LogP contribution in [0.4, 0.5) is 0 Å². The molecular weight excluding hydrogens is 218 g/mol. The molecule has 0 aromatic heterocycles. The lowest BCUT2D eigenvalue weighted by molar-refractivity contribution is -0.113. The molecule has 16 heavy (non-hydrogen) atoms. The zero-order valence-electron chi connectivity index (χ0n) is 9.03. The largest absolute Gasteiger partial charge is 0.396 e. The van der Waals surface area contributed by atoms with E-state index in [0.29, 0.717) is 13.0 Å². The molecule has 7 N–H and O–H groups in total. The predicted molar refractivity (Wildman–Crippen MR) is 55.7 cm³/mol. The molecule has 98 valence electrons. The van der Waals surface area contributed by atoms with Crippen molar-refractivity contribution in [3.63, 3.8) is 0 Å². The number of aliphatic hydroxyl groups excluding tert-OH is 6. The van der Waals surface area contributed by atoms with Crippen LogP contribution in [0, 0.1) is 0 Å². The molecule has 0 aromatic rings. The fourth-order valence-electron chi connectivity index (χ4n) is 1.14. The Hall–Kier alpha value is -0.280. The highest BCUT2D eigenvalue weighted by Gasteiger charge is 2.29. The fourth-order valence-corrected chi connectivity index (χ4v) is 1.14. The second kappa shape index (κ2) is 8.82. The highest BCUT2D eigenvalue weighted by molar-refractivity contribution is 4.81. The third-order valence-electron chi connectivity index (χ3n) is 2.19. The van der Waals surface area contributed by atoms with Crippen LogP contribution in [0.3, 0.4) is 0 Å². The van der Waals surface area contributed by atoms with Crippen molar-refractivity contribution < 1.29 is 30.6 Å². The average Bonchev–Trinajstić information content (AvgIpc) is 2.31. The Labute approximate surface area is 94.0 Å². The lowest BCUT2D eigenvalue weighted by Crippen LogP contribution is -2.49. The Balaban J connectivity index is 3.83. The molecule has 0 amide bonds. The smallest absolute Gasteiger partial charge is 0.111 e. The van der Waals surface area contributed by atoms with Gasteiger partial charge in [-0.2, -0.15) is 0 Å². The molecule has 0 aliphatic heterocycles. The minimum atomic E-state index is -1.60. The summed E-state index contributed by atoms with van der Waals surface area (Å²) in [6.45, 7) is -0.171. The van der Waals surface area contributed by atoms with E-state index in [4.69, 9.17) is 15.3 Å². The molecule has 0 bridgehead atoms. The molecule has 0 heterocycles. The Bertz CT molecular complexity index is 170. The molecule has 0 aromatic carbocycles. The van der Waals surface area contributed by atoms with Crippen molar-refractivity contribution >= 4 is 0 Å². The van der Waals surface area contributed by atoms with E-state index in [1.807, 2.05) is 0 Å². The molecule has 0 aliphatic rings. The number of hydrogen-bond donors (Lipinski definition) is 7. The standard InChI is InChI=1S/C9H21NO6/c11-3-1-2-10-4-6(13)8(15)9(16)7(14)5-12/h6-16H,1-5H2. The van der Waals surface area contributed by atoms with Gasteiger partial charge in [-0.25, -0.2) is 0 Å². The van der Waals surface area contributed by atoms with Crippen molar-refractivity contribution in [2.45, 2.75) is 30.8 Å². The van der Waals surface area contributed by atoms with Gasteiger partial charge in [0, 0.05) is 13.2 Å². The topological polar surface area (TPSA) is 133 Å².